The topological polar surface area (TPSA) is 96.4 Å². The Morgan fingerprint density at radius 2 is 1.96 bits per heavy atom. The van der Waals surface area contributed by atoms with Crippen LogP contribution in [-0.2, 0) is 0 Å². The molecule has 3 N–H and O–H groups in total. The van der Waals surface area contributed by atoms with Gasteiger partial charge in [-0.1, -0.05) is 24.4 Å². The Labute approximate surface area is 159 Å². The van der Waals surface area contributed by atoms with Crippen molar-refractivity contribution >= 4 is 29.1 Å². The van der Waals surface area contributed by atoms with Gasteiger partial charge in [0.2, 0.25) is 0 Å². The minimum Gasteiger partial charge on any atom is -0.492 e. The van der Waals surface area contributed by atoms with Gasteiger partial charge in [-0.3, -0.25) is 0 Å². The van der Waals surface area contributed by atoms with Crippen molar-refractivity contribution in [3.63, 3.8) is 0 Å². The van der Waals surface area contributed by atoms with Crippen molar-refractivity contribution in [2.24, 2.45) is 0 Å². The minimum absolute atomic E-state index is 0.0223. The highest BCUT2D eigenvalue weighted by atomic mass is 35.5. The molecule has 1 saturated carbocycles. The first-order chi connectivity index (χ1) is 13.0. The van der Waals surface area contributed by atoms with Gasteiger partial charge in [-0.2, -0.15) is 0 Å². The maximum atomic E-state index is 14.8. The third-order valence-electron chi connectivity index (χ3n) is 5.02. The molecule has 27 heavy (non-hydrogen) atoms. The first-order valence-electron chi connectivity index (χ1n) is 8.70. The Morgan fingerprint density at radius 3 is 2.63 bits per heavy atom. The summed E-state index contributed by atoms with van der Waals surface area (Å²) in [5.74, 6) is -1.75. The molecule has 1 fully saturated rings. The molecule has 1 aromatic heterocycles. The summed E-state index contributed by atoms with van der Waals surface area (Å²) in [7, 11) is 1.30. The third-order valence-corrected chi connectivity index (χ3v) is 5.32. The van der Waals surface area contributed by atoms with Gasteiger partial charge < -0.3 is 20.5 Å². The lowest BCUT2D eigenvalue weighted by Gasteiger charge is -2.38. The van der Waals surface area contributed by atoms with E-state index in [4.69, 9.17) is 16.3 Å². The molecule has 142 valence electrons. The maximum absolute atomic E-state index is 14.8. The summed E-state index contributed by atoms with van der Waals surface area (Å²) in [5, 5.41) is 16.3. The van der Waals surface area contributed by atoms with Gasteiger partial charge in [0.25, 0.3) is 0 Å². The SMILES string of the molecule is COc1c(Cl)ccc(-c2nc3c(c(C(=O)O)n2)N[C@@H]2CCCC[C@H]2N3)c1F. The molecule has 7 nitrogen and oxygen atoms in total. The Bertz CT molecular complexity index is 924. The number of benzene rings is 1. The van der Waals surface area contributed by atoms with Crippen molar-refractivity contribution in [3.8, 4) is 17.1 Å². The Kier molecular flexibility index (Phi) is 4.51. The highest BCUT2D eigenvalue weighted by molar-refractivity contribution is 6.32. The van der Waals surface area contributed by atoms with Crippen molar-refractivity contribution in [3.05, 3.63) is 28.7 Å². The molecule has 0 bridgehead atoms. The highest BCUT2D eigenvalue weighted by Crippen LogP contribution is 2.38. The molecule has 0 unspecified atom stereocenters. The van der Waals surface area contributed by atoms with Gasteiger partial charge in [0.1, 0.15) is 5.69 Å². The van der Waals surface area contributed by atoms with Gasteiger partial charge in [0.15, 0.2) is 28.9 Å². The maximum Gasteiger partial charge on any atom is 0.356 e. The molecule has 9 heteroatoms. The van der Waals surface area contributed by atoms with Crippen LogP contribution in [0.25, 0.3) is 11.4 Å². The molecular formula is C18H18ClFN4O3. The Hall–Kier alpha value is -2.61. The second-order valence-corrected chi connectivity index (χ2v) is 7.06. The first kappa shape index (κ1) is 17.8. The molecule has 2 aliphatic rings. The van der Waals surface area contributed by atoms with Crippen molar-refractivity contribution in [1.29, 1.82) is 0 Å². The smallest absolute Gasteiger partial charge is 0.356 e. The number of fused-ring (bicyclic) bond motifs is 2. The van der Waals surface area contributed by atoms with Crippen LogP contribution in [-0.4, -0.2) is 40.2 Å². The van der Waals surface area contributed by atoms with E-state index in [1.165, 1.54) is 19.2 Å². The number of aromatic carboxylic acids is 1. The second-order valence-electron chi connectivity index (χ2n) is 6.65. The van der Waals surface area contributed by atoms with Crippen molar-refractivity contribution in [1.82, 2.24) is 9.97 Å². The fraction of sp³-hybridized carbons (Fsp3) is 0.389. The lowest BCUT2D eigenvalue weighted by molar-refractivity contribution is 0.0691. The Morgan fingerprint density at radius 1 is 1.26 bits per heavy atom. The van der Waals surface area contributed by atoms with Crippen LogP contribution in [0, 0.1) is 5.82 Å². The standard InChI is InChI=1S/C18H18ClFN4O3/c1-27-15-9(19)7-6-8(12(15)20)16-23-14(18(25)26)13-17(24-16)22-11-5-3-2-4-10(11)21-13/h6-7,10-11,21H,2-5H2,1H3,(H,25,26)(H,22,23,24)/t10-,11-/m1/s1. The predicted octanol–water partition coefficient (Wildman–Crippen LogP) is 3.79. The van der Waals surface area contributed by atoms with E-state index in [0.29, 0.717) is 11.5 Å². The molecule has 1 aromatic carbocycles. The van der Waals surface area contributed by atoms with E-state index in [0.717, 1.165) is 25.7 Å². The summed E-state index contributed by atoms with van der Waals surface area (Å²) < 4.78 is 19.8. The van der Waals surface area contributed by atoms with Crippen molar-refractivity contribution in [2.75, 3.05) is 17.7 Å². The summed E-state index contributed by atoms with van der Waals surface area (Å²) in [5.41, 5.74) is 0.171. The lowest BCUT2D eigenvalue weighted by Crippen LogP contribution is -2.46. The largest absolute Gasteiger partial charge is 0.492 e. The molecule has 4 rings (SSSR count). The average molecular weight is 393 g/mol. The summed E-state index contributed by atoms with van der Waals surface area (Å²) in [6.45, 7) is 0. The second kappa shape index (κ2) is 6.84. The van der Waals surface area contributed by atoms with E-state index in [9.17, 15) is 14.3 Å². The first-order valence-corrected chi connectivity index (χ1v) is 9.08. The van der Waals surface area contributed by atoms with Crippen LogP contribution in [0.2, 0.25) is 5.02 Å². The monoisotopic (exact) mass is 392 g/mol. The molecule has 2 aromatic rings. The number of hydrogen-bond donors (Lipinski definition) is 3. The number of nitrogens with one attached hydrogen (secondary N) is 2. The molecule has 0 saturated heterocycles. The molecule has 2 atom stereocenters. The molecule has 1 aliphatic heterocycles. The zero-order valence-electron chi connectivity index (χ0n) is 14.6. The molecular weight excluding hydrogens is 375 g/mol. The number of carbonyl (C=O) groups is 1. The zero-order chi connectivity index (χ0) is 19.1. The fourth-order valence-corrected chi connectivity index (χ4v) is 3.93. The van der Waals surface area contributed by atoms with Gasteiger partial charge in [0.05, 0.1) is 17.7 Å². The lowest BCUT2D eigenvalue weighted by atomic mass is 9.88. The number of anilines is 2. The molecule has 0 radical (unpaired) electrons. The van der Waals surface area contributed by atoms with E-state index in [-0.39, 0.29) is 39.9 Å². The third kappa shape index (κ3) is 3.03. The number of rotatable bonds is 3. The van der Waals surface area contributed by atoms with Crippen LogP contribution in [0.1, 0.15) is 36.2 Å². The highest BCUT2D eigenvalue weighted by Gasteiger charge is 2.34. The van der Waals surface area contributed by atoms with Crippen molar-refractivity contribution in [2.45, 2.75) is 37.8 Å². The molecule has 0 amide bonds. The predicted molar refractivity (Wildman–Crippen MR) is 99.2 cm³/mol. The van der Waals surface area contributed by atoms with Gasteiger partial charge in [0, 0.05) is 12.1 Å². The minimum atomic E-state index is -1.21. The van der Waals surface area contributed by atoms with Crippen LogP contribution in [0.4, 0.5) is 15.9 Å². The number of halogens is 2. The van der Waals surface area contributed by atoms with Crippen LogP contribution >= 0.6 is 11.6 Å². The van der Waals surface area contributed by atoms with Gasteiger partial charge in [-0.25, -0.2) is 19.2 Å². The van der Waals surface area contributed by atoms with Crippen molar-refractivity contribution < 1.29 is 19.0 Å². The van der Waals surface area contributed by atoms with E-state index in [2.05, 4.69) is 20.6 Å². The van der Waals surface area contributed by atoms with Crippen LogP contribution in [0.5, 0.6) is 5.75 Å². The molecule has 0 spiro atoms. The Balaban J connectivity index is 1.85. The molecule has 1 aliphatic carbocycles. The summed E-state index contributed by atoms with van der Waals surface area (Å²) in [4.78, 5) is 20.3. The number of nitrogens with zero attached hydrogens (tertiary/aromatic N) is 2. The quantitative estimate of drug-likeness (QED) is 0.731. The van der Waals surface area contributed by atoms with E-state index in [1.54, 1.807) is 0 Å². The average Bonchev–Trinajstić information content (AvgIpc) is 2.66. The number of carboxylic acids is 1. The molecule has 2 heterocycles. The zero-order valence-corrected chi connectivity index (χ0v) is 15.3. The number of ether oxygens (including phenoxy) is 1. The summed E-state index contributed by atoms with van der Waals surface area (Å²) in [6, 6.07) is 3.16. The van der Waals surface area contributed by atoms with E-state index >= 15 is 0 Å². The van der Waals surface area contributed by atoms with Crippen LogP contribution in [0.3, 0.4) is 0 Å². The number of carboxylic acid groups (broad SMARTS) is 1. The van der Waals surface area contributed by atoms with Gasteiger partial charge in [-0.15, -0.1) is 0 Å². The number of methoxy groups -OCH3 is 1. The van der Waals surface area contributed by atoms with Crippen LogP contribution in [0.15, 0.2) is 12.1 Å². The number of hydrogen-bond acceptors (Lipinski definition) is 6. The van der Waals surface area contributed by atoms with Gasteiger partial charge >= 0.3 is 5.97 Å². The van der Waals surface area contributed by atoms with Crippen LogP contribution < -0.4 is 15.4 Å². The number of aromatic nitrogens is 2. The van der Waals surface area contributed by atoms with E-state index in [1.807, 2.05) is 0 Å². The summed E-state index contributed by atoms with van der Waals surface area (Å²) >= 11 is 5.94. The normalized spacial score (nSPS) is 20.7. The van der Waals surface area contributed by atoms with Gasteiger partial charge in [-0.05, 0) is 25.0 Å². The summed E-state index contributed by atoms with van der Waals surface area (Å²) in [6.07, 6.45) is 4.09. The van der Waals surface area contributed by atoms with E-state index < -0.39 is 11.8 Å². The fourth-order valence-electron chi connectivity index (χ4n) is 3.71.